The molecule has 4 rings (SSSR count). The van der Waals surface area contributed by atoms with E-state index in [0.717, 1.165) is 4.90 Å². The summed E-state index contributed by atoms with van der Waals surface area (Å²) < 4.78 is 5.36. The molecule has 6 heteroatoms. The molecule has 2 aliphatic heterocycles. The Morgan fingerprint density at radius 3 is 2.24 bits per heavy atom. The quantitative estimate of drug-likeness (QED) is 0.634. The Kier molecular flexibility index (Phi) is 3.82. The summed E-state index contributed by atoms with van der Waals surface area (Å²) in [6.07, 6.45) is 0.627. The van der Waals surface area contributed by atoms with Crippen LogP contribution in [0.1, 0.15) is 31.1 Å². The maximum Gasteiger partial charge on any atom is 0.268 e. The number of aldehydes is 1. The average Bonchev–Trinajstić information content (AvgIpc) is 2.94. The molecule has 0 aliphatic carbocycles. The van der Waals surface area contributed by atoms with Crippen molar-refractivity contribution in [2.75, 3.05) is 36.1 Å². The lowest BCUT2D eigenvalue weighted by Crippen LogP contribution is -2.37. The van der Waals surface area contributed by atoms with Crippen LogP contribution in [0.4, 0.5) is 11.4 Å². The van der Waals surface area contributed by atoms with Crippen molar-refractivity contribution in [3.05, 3.63) is 59.2 Å². The summed E-state index contributed by atoms with van der Waals surface area (Å²) >= 11 is 0. The molecular formula is C19H16N2O4. The van der Waals surface area contributed by atoms with E-state index in [1.807, 2.05) is 11.0 Å². The van der Waals surface area contributed by atoms with Gasteiger partial charge in [-0.25, -0.2) is 4.90 Å². The van der Waals surface area contributed by atoms with Crippen LogP contribution in [0.5, 0.6) is 0 Å². The Morgan fingerprint density at radius 1 is 0.880 bits per heavy atom. The second-order valence-corrected chi connectivity index (χ2v) is 5.92. The number of hydrogen-bond acceptors (Lipinski definition) is 5. The minimum atomic E-state index is -0.455. The molecule has 0 radical (unpaired) electrons. The second kappa shape index (κ2) is 6.14. The van der Waals surface area contributed by atoms with Gasteiger partial charge in [-0.3, -0.25) is 14.4 Å². The van der Waals surface area contributed by atoms with Crippen molar-refractivity contribution in [2.24, 2.45) is 0 Å². The molecule has 2 aliphatic rings. The van der Waals surface area contributed by atoms with Gasteiger partial charge in [0.15, 0.2) is 6.29 Å². The van der Waals surface area contributed by atoms with Crippen LogP contribution in [-0.2, 0) is 4.74 Å². The molecule has 0 unspecified atom stereocenters. The first-order valence-electron chi connectivity index (χ1n) is 8.11. The molecule has 2 aromatic rings. The molecule has 6 nitrogen and oxygen atoms in total. The Labute approximate surface area is 144 Å². The van der Waals surface area contributed by atoms with E-state index in [-0.39, 0.29) is 11.1 Å². The van der Waals surface area contributed by atoms with Gasteiger partial charge in [0.1, 0.15) is 0 Å². The summed E-state index contributed by atoms with van der Waals surface area (Å²) in [4.78, 5) is 40.6. The lowest BCUT2D eigenvalue weighted by atomic mass is 10.0. The molecule has 0 saturated carbocycles. The summed E-state index contributed by atoms with van der Waals surface area (Å²) in [5.74, 6) is -0.847. The van der Waals surface area contributed by atoms with E-state index in [1.54, 1.807) is 36.4 Å². The molecule has 0 N–H and O–H groups in total. The van der Waals surface area contributed by atoms with E-state index in [4.69, 9.17) is 4.74 Å². The van der Waals surface area contributed by atoms with Gasteiger partial charge in [-0.15, -0.1) is 0 Å². The highest BCUT2D eigenvalue weighted by atomic mass is 16.5. The largest absolute Gasteiger partial charge is 0.378 e. The van der Waals surface area contributed by atoms with Crippen LogP contribution in [0.2, 0.25) is 0 Å². The Bertz CT molecular complexity index is 857. The maximum absolute atomic E-state index is 13.1. The first-order chi connectivity index (χ1) is 12.2. The lowest BCUT2D eigenvalue weighted by Gasteiger charge is -2.30. The highest BCUT2D eigenvalue weighted by molar-refractivity contribution is 6.37. The normalized spacial score (nSPS) is 17.0. The fraction of sp³-hybridized carbons (Fsp3) is 0.211. The first kappa shape index (κ1) is 15.5. The molecule has 2 amide bonds. The van der Waals surface area contributed by atoms with E-state index in [0.29, 0.717) is 49.5 Å². The fourth-order valence-electron chi connectivity index (χ4n) is 3.35. The average molecular weight is 336 g/mol. The SMILES string of the molecule is O=Cc1ccc(N2CCOCC2)c2c1C(=O)N(c1ccccc1)C2=O. The smallest absolute Gasteiger partial charge is 0.268 e. The van der Waals surface area contributed by atoms with Gasteiger partial charge in [0, 0.05) is 18.7 Å². The second-order valence-electron chi connectivity index (χ2n) is 5.92. The van der Waals surface area contributed by atoms with E-state index in [9.17, 15) is 14.4 Å². The van der Waals surface area contributed by atoms with Gasteiger partial charge in [-0.1, -0.05) is 18.2 Å². The number of carbonyl (C=O) groups is 3. The molecule has 1 fully saturated rings. The van der Waals surface area contributed by atoms with Crippen molar-refractivity contribution in [3.8, 4) is 0 Å². The number of nitrogens with zero attached hydrogens (tertiary/aromatic N) is 2. The standard InChI is InChI=1S/C19H16N2O4/c22-12-13-6-7-15(20-8-10-25-11-9-20)17-16(13)18(23)21(19(17)24)14-4-2-1-3-5-14/h1-7,12H,8-11H2. The van der Waals surface area contributed by atoms with Crippen LogP contribution in [0.15, 0.2) is 42.5 Å². The lowest BCUT2D eigenvalue weighted by molar-refractivity contribution is 0.0923. The first-order valence-corrected chi connectivity index (χ1v) is 8.11. The van der Waals surface area contributed by atoms with Crippen molar-refractivity contribution in [3.63, 3.8) is 0 Å². The molecule has 2 heterocycles. The fourth-order valence-corrected chi connectivity index (χ4v) is 3.35. The van der Waals surface area contributed by atoms with Gasteiger partial charge < -0.3 is 9.64 Å². The topological polar surface area (TPSA) is 66.9 Å². The molecule has 0 spiro atoms. The van der Waals surface area contributed by atoms with Crippen LogP contribution in [0.25, 0.3) is 0 Å². The highest BCUT2D eigenvalue weighted by Crippen LogP contribution is 2.36. The third kappa shape index (κ3) is 2.42. The summed E-state index contributed by atoms with van der Waals surface area (Å²) in [5, 5.41) is 0. The number of carbonyl (C=O) groups excluding carboxylic acids is 3. The number of ether oxygens (including phenoxy) is 1. The molecular weight excluding hydrogens is 320 g/mol. The Hall–Kier alpha value is -2.99. The number of benzene rings is 2. The number of fused-ring (bicyclic) bond motifs is 1. The molecule has 126 valence electrons. The van der Waals surface area contributed by atoms with E-state index >= 15 is 0 Å². The van der Waals surface area contributed by atoms with Gasteiger partial charge in [0.25, 0.3) is 11.8 Å². The third-order valence-corrected chi connectivity index (χ3v) is 4.54. The van der Waals surface area contributed by atoms with Crippen LogP contribution in [0, 0.1) is 0 Å². The van der Waals surface area contributed by atoms with Crippen LogP contribution >= 0.6 is 0 Å². The minimum Gasteiger partial charge on any atom is -0.378 e. The van der Waals surface area contributed by atoms with E-state index in [1.165, 1.54) is 0 Å². The molecule has 1 saturated heterocycles. The van der Waals surface area contributed by atoms with Gasteiger partial charge in [-0.05, 0) is 24.3 Å². The van der Waals surface area contributed by atoms with Gasteiger partial charge in [0.05, 0.1) is 35.7 Å². The van der Waals surface area contributed by atoms with Crippen molar-refractivity contribution >= 4 is 29.5 Å². The number of morpholine rings is 1. The van der Waals surface area contributed by atoms with Crippen molar-refractivity contribution in [1.29, 1.82) is 0 Å². The Balaban J connectivity index is 1.87. The van der Waals surface area contributed by atoms with Crippen molar-refractivity contribution in [2.45, 2.75) is 0 Å². The maximum atomic E-state index is 13.1. The minimum absolute atomic E-state index is 0.188. The molecule has 0 atom stereocenters. The number of amides is 2. The Morgan fingerprint density at radius 2 is 1.56 bits per heavy atom. The van der Waals surface area contributed by atoms with Crippen molar-refractivity contribution < 1.29 is 19.1 Å². The monoisotopic (exact) mass is 336 g/mol. The van der Waals surface area contributed by atoms with Crippen LogP contribution in [0.3, 0.4) is 0 Å². The van der Waals surface area contributed by atoms with E-state index < -0.39 is 11.8 Å². The van der Waals surface area contributed by atoms with Crippen LogP contribution in [-0.4, -0.2) is 44.4 Å². The number of rotatable bonds is 3. The molecule has 2 aromatic carbocycles. The number of anilines is 2. The summed E-state index contributed by atoms with van der Waals surface area (Å²) in [6.45, 7) is 2.41. The number of para-hydroxylation sites is 1. The third-order valence-electron chi connectivity index (χ3n) is 4.54. The molecule has 0 bridgehead atoms. The van der Waals surface area contributed by atoms with Crippen molar-refractivity contribution in [1.82, 2.24) is 0 Å². The van der Waals surface area contributed by atoms with Gasteiger partial charge in [0.2, 0.25) is 0 Å². The summed E-state index contributed by atoms with van der Waals surface area (Å²) in [6, 6.07) is 12.1. The van der Waals surface area contributed by atoms with E-state index in [2.05, 4.69) is 0 Å². The zero-order valence-corrected chi connectivity index (χ0v) is 13.5. The van der Waals surface area contributed by atoms with Gasteiger partial charge in [-0.2, -0.15) is 0 Å². The molecule has 0 aromatic heterocycles. The predicted octanol–water partition coefficient (Wildman–Crippen LogP) is 2.14. The number of imide groups is 1. The zero-order chi connectivity index (χ0) is 17.4. The number of hydrogen-bond donors (Lipinski definition) is 0. The highest BCUT2D eigenvalue weighted by Gasteiger charge is 2.41. The van der Waals surface area contributed by atoms with Crippen LogP contribution < -0.4 is 9.80 Å². The van der Waals surface area contributed by atoms with Gasteiger partial charge >= 0.3 is 0 Å². The summed E-state index contributed by atoms with van der Waals surface area (Å²) in [7, 11) is 0. The summed E-state index contributed by atoms with van der Waals surface area (Å²) in [5.41, 5.74) is 1.91. The predicted molar refractivity (Wildman–Crippen MR) is 92.4 cm³/mol. The zero-order valence-electron chi connectivity index (χ0n) is 13.5. The molecule has 25 heavy (non-hydrogen) atoms.